The fourth-order valence-corrected chi connectivity index (χ4v) is 5.58. The van der Waals surface area contributed by atoms with E-state index in [0.29, 0.717) is 56.2 Å². The number of benzene rings is 2. The normalized spacial score (nSPS) is 20.4. The molecule has 3 fully saturated rings. The van der Waals surface area contributed by atoms with Crippen molar-refractivity contribution >= 4 is 17.7 Å². The Morgan fingerprint density at radius 1 is 1.17 bits per heavy atom. The number of piperidine rings is 1. The molecule has 0 bridgehead atoms. The van der Waals surface area contributed by atoms with Crippen LogP contribution in [0.5, 0.6) is 0 Å². The highest BCUT2D eigenvalue weighted by atomic mass is 19.4. The molecule has 2 aliphatic heterocycles. The molecule has 0 radical (unpaired) electrons. The number of rotatable bonds is 5. The average molecular weight is 502 g/mol. The number of halogens is 3. The highest BCUT2D eigenvalue weighted by molar-refractivity contribution is 5.93. The predicted octanol–water partition coefficient (Wildman–Crippen LogP) is 5.79. The van der Waals surface area contributed by atoms with Crippen molar-refractivity contribution in [3.63, 3.8) is 0 Å². The van der Waals surface area contributed by atoms with Crippen LogP contribution in [0.15, 0.2) is 36.4 Å². The van der Waals surface area contributed by atoms with Gasteiger partial charge in [-0.15, -0.1) is 0 Å². The van der Waals surface area contributed by atoms with Crippen molar-refractivity contribution in [1.29, 1.82) is 5.41 Å². The van der Waals surface area contributed by atoms with E-state index in [2.05, 4.69) is 4.90 Å². The van der Waals surface area contributed by atoms with Crippen molar-refractivity contribution in [2.24, 2.45) is 0 Å². The van der Waals surface area contributed by atoms with Crippen LogP contribution in [0.3, 0.4) is 0 Å². The maximum Gasteiger partial charge on any atom is 0.416 e. The molecule has 1 aliphatic carbocycles. The van der Waals surface area contributed by atoms with Gasteiger partial charge in [0.2, 0.25) is 0 Å². The van der Waals surface area contributed by atoms with E-state index in [-0.39, 0.29) is 11.6 Å². The summed E-state index contributed by atoms with van der Waals surface area (Å²) in [5, 5.41) is 17.5. The minimum atomic E-state index is -4.37. The van der Waals surface area contributed by atoms with Gasteiger partial charge in [0.05, 0.1) is 17.7 Å². The number of carboxylic acid groups (broad SMARTS) is 1. The zero-order chi connectivity index (χ0) is 25.7. The van der Waals surface area contributed by atoms with Crippen molar-refractivity contribution in [2.45, 2.75) is 63.3 Å². The molecule has 0 unspecified atom stereocenters. The number of aromatic carboxylic acids is 1. The number of nitrogens with one attached hydrogen (secondary N) is 1. The molecule has 6 nitrogen and oxygen atoms in total. The van der Waals surface area contributed by atoms with E-state index in [1.165, 1.54) is 18.2 Å². The zero-order valence-electron chi connectivity index (χ0n) is 20.2. The van der Waals surface area contributed by atoms with Gasteiger partial charge in [-0.1, -0.05) is 12.5 Å². The highest BCUT2D eigenvalue weighted by Gasteiger charge is 2.46. The lowest BCUT2D eigenvalue weighted by Crippen LogP contribution is -2.46. The molecule has 2 N–H and O–H groups in total. The molecule has 2 saturated heterocycles. The Hall–Kier alpha value is -3.07. The fourth-order valence-electron chi connectivity index (χ4n) is 5.58. The van der Waals surface area contributed by atoms with Crippen molar-refractivity contribution in [3.8, 4) is 0 Å². The summed E-state index contributed by atoms with van der Waals surface area (Å²) in [7, 11) is 0. The first-order valence-electron chi connectivity index (χ1n) is 12.4. The SMILES string of the molecule is Cc1cc(C2CCC2)c(CN2CCC3(CC2)CN(c2ccc(C(=O)O)cc2)C(=N)O3)cc1C(F)(F)F. The first-order chi connectivity index (χ1) is 17.0. The number of hydrogen-bond acceptors (Lipinski definition) is 4. The van der Waals surface area contributed by atoms with Crippen LogP contribution in [0.1, 0.15) is 70.6 Å². The van der Waals surface area contributed by atoms with Crippen LogP contribution in [-0.2, 0) is 17.5 Å². The summed E-state index contributed by atoms with van der Waals surface area (Å²) >= 11 is 0. The molecule has 1 spiro atoms. The van der Waals surface area contributed by atoms with E-state index in [1.54, 1.807) is 30.0 Å². The molecule has 3 aliphatic rings. The van der Waals surface area contributed by atoms with Gasteiger partial charge in [0.15, 0.2) is 0 Å². The second kappa shape index (κ2) is 9.10. The molecule has 9 heteroatoms. The van der Waals surface area contributed by atoms with E-state index in [9.17, 15) is 18.0 Å². The van der Waals surface area contributed by atoms with Gasteiger partial charge in [0.1, 0.15) is 5.60 Å². The number of alkyl halides is 3. The van der Waals surface area contributed by atoms with Gasteiger partial charge < -0.3 is 9.84 Å². The van der Waals surface area contributed by atoms with Gasteiger partial charge in [0.25, 0.3) is 6.02 Å². The highest BCUT2D eigenvalue weighted by Crippen LogP contribution is 2.42. The number of hydrogen-bond donors (Lipinski definition) is 2. The van der Waals surface area contributed by atoms with Crippen molar-refractivity contribution in [2.75, 3.05) is 24.5 Å². The van der Waals surface area contributed by atoms with E-state index in [0.717, 1.165) is 30.4 Å². The minimum absolute atomic E-state index is 0.0344. The summed E-state index contributed by atoms with van der Waals surface area (Å²) < 4.78 is 46.9. The lowest BCUT2D eigenvalue weighted by Gasteiger charge is -2.38. The number of carboxylic acids is 1. The van der Waals surface area contributed by atoms with Gasteiger partial charge in [0, 0.05) is 38.2 Å². The van der Waals surface area contributed by atoms with E-state index < -0.39 is 23.3 Å². The average Bonchev–Trinajstić information content (AvgIpc) is 3.11. The molecular formula is C27H30F3N3O3. The quantitative estimate of drug-likeness (QED) is 0.543. The first-order valence-corrected chi connectivity index (χ1v) is 12.4. The van der Waals surface area contributed by atoms with Gasteiger partial charge >= 0.3 is 12.1 Å². The number of nitrogens with zero attached hydrogens (tertiary/aromatic N) is 2. The van der Waals surface area contributed by atoms with Gasteiger partial charge in [-0.3, -0.25) is 15.2 Å². The monoisotopic (exact) mass is 501 g/mol. The van der Waals surface area contributed by atoms with Crippen LogP contribution in [0, 0.1) is 12.3 Å². The second-order valence-corrected chi connectivity index (χ2v) is 10.3. The maximum absolute atomic E-state index is 13.6. The molecular weight excluding hydrogens is 471 g/mol. The van der Waals surface area contributed by atoms with E-state index in [1.807, 2.05) is 0 Å². The Labute approximate surface area is 208 Å². The lowest BCUT2D eigenvalue weighted by atomic mass is 9.77. The van der Waals surface area contributed by atoms with Crippen molar-refractivity contribution < 1.29 is 27.8 Å². The Morgan fingerprint density at radius 2 is 1.83 bits per heavy atom. The molecule has 0 amide bonds. The third-order valence-electron chi connectivity index (χ3n) is 7.93. The Kier molecular flexibility index (Phi) is 6.22. The number of anilines is 1. The third kappa shape index (κ3) is 4.68. The van der Waals surface area contributed by atoms with Crippen molar-refractivity contribution in [3.05, 3.63) is 64.2 Å². The maximum atomic E-state index is 13.6. The molecule has 2 aromatic rings. The largest absolute Gasteiger partial charge is 0.478 e. The predicted molar refractivity (Wildman–Crippen MR) is 130 cm³/mol. The molecule has 192 valence electrons. The summed E-state index contributed by atoms with van der Waals surface area (Å²) in [6, 6.07) is 9.51. The Balaban J connectivity index is 1.28. The van der Waals surface area contributed by atoms with Crippen LogP contribution in [0.25, 0.3) is 0 Å². The third-order valence-corrected chi connectivity index (χ3v) is 7.93. The number of aryl methyl sites for hydroxylation is 1. The molecule has 1 saturated carbocycles. The summed E-state index contributed by atoms with van der Waals surface area (Å²) in [6.45, 7) is 3.84. The molecule has 0 aromatic heterocycles. The topological polar surface area (TPSA) is 76.9 Å². The number of amidine groups is 1. The van der Waals surface area contributed by atoms with Crippen molar-refractivity contribution in [1.82, 2.24) is 4.90 Å². The lowest BCUT2D eigenvalue weighted by molar-refractivity contribution is -0.138. The fraction of sp³-hybridized carbons (Fsp3) is 0.481. The summed E-state index contributed by atoms with van der Waals surface area (Å²) in [5.74, 6) is -0.661. The van der Waals surface area contributed by atoms with Crippen LogP contribution >= 0.6 is 0 Å². The van der Waals surface area contributed by atoms with E-state index >= 15 is 0 Å². The summed E-state index contributed by atoms with van der Waals surface area (Å²) in [4.78, 5) is 15.1. The van der Waals surface area contributed by atoms with Gasteiger partial charge in [-0.05, 0) is 72.7 Å². The number of likely N-dealkylation sites (tertiary alicyclic amines) is 1. The minimum Gasteiger partial charge on any atom is -0.478 e. The van der Waals surface area contributed by atoms with Crippen LogP contribution in [-0.4, -0.2) is 47.2 Å². The zero-order valence-corrected chi connectivity index (χ0v) is 20.2. The molecule has 0 atom stereocenters. The molecule has 2 aromatic carbocycles. The molecule has 5 rings (SSSR count). The van der Waals surface area contributed by atoms with Crippen LogP contribution in [0.4, 0.5) is 18.9 Å². The smallest absolute Gasteiger partial charge is 0.416 e. The van der Waals surface area contributed by atoms with Crippen LogP contribution in [0.2, 0.25) is 0 Å². The summed E-state index contributed by atoms with van der Waals surface area (Å²) in [6.07, 6.45) is 0.133. The van der Waals surface area contributed by atoms with Gasteiger partial charge in [-0.25, -0.2) is 4.79 Å². The Bertz CT molecular complexity index is 1170. The van der Waals surface area contributed by atoms with Crippen LogP contribution < -0.4 is 4.90 Å². The second-order valence-electron chi connectivity index (χ2n) is 10.3. The standard InChI is InChI=1S/C27H30F3N3O3/c1-17-13-22(18-3-2-4-18)20(14-23(17)27(28,29)30)15-32-11-9-26(10-12-32)16-33(25(31)36-26)21-7-5-19(6-8-21)24(34)35/h5-8,13-14,18,31H,2-4,9-12,15-16H2,1H3,(H,34,35). The number of ether oxygens (including phenoxy) is 1. The summed E-state index contributed by atoms with van der Waals surface area (Å²) in [5.41, 5.74) is 1.93. The molecule has 36 heavy (non-hydrogen) atoms. The first kappa shape index (κ1) is 24.6. The molecule has 2 heterocycles. The Morgan fingerprint density at radius 3 is 2.39 bits per heavy atom. The van der Waals surface area contributed by atoms with Gasteiger partial charge in [-0.2, -0.15) is 13.2 Å². The number of carbonyl (C=O) groups is 1. The van der Waals surface area contributed by atoms with E-state index in [4.69, 9.17) is 15.3 Å².